The molecule has 0 N–H and O–H groups in total. The van der Waals surface area contributed by atoms with Crippen LogP contribution in [-0.2, 0) is 0 Å². The quantitative estimate of drug-likeness (QED) is 0.551. The summed E-state index contributed by atoms with van der Waals surface area (Å²) in [5.41, 5.74) is 1.10. The number of hydrogen-bond acceptors (Lipinski definition) is 2. The van der Waals surface area contributed by atoms with Crippen LogP contribution in [0.25, 0.3) is 0 Å². The number of allylic oxidation sites excluding steroid dienone is 3. The predicted molar refractivity (Wildman–Crippen MR) is 62.0 cm³/mol. The van der Waals surface area contributed by atoms with Crippen LogP contribution in [0.1, 0.15) is 13.3 Å². The van der Waals surface area contributed by atoms with Crippen LogP contribution in [0.5, 0.6) is 11.5 Å². The van der Waals surface area contributed by atoms with E-state index in [9.17, 15) is 0 Å². The van der Waals surface area contributed by atoms with Crippen LogP contribution in [0.3, 0.4) is 0 Å². The zero-order valence-corrected chi connectivity index (χ0v) is 8.77. The van der Waals surface area contributed by atoms with Gasteiger partial charge in [-0.1, -0.05) is 37.8 Å². The molecule has 2 rings (SSSR count). The van der Waals surface area contributed by atoms with Crippen molar-refractivity contribution >= 4 is 7.12 Å². The van der Waals surface area contributed by atoms with E-state index in [-0.39, 0.29) is 7.12 Å². The highest BCUT2D eigenvalue weighted by atomic mass is 16.6. The van der Waals surface area contributed by atoms with Crippen LogP contribution >= 0.6 is 0 Å². The molecule has 0 unspecified atom stereocenters. The van der Waals surface area contributed by atoms with Gasteiger partial charge < -0.3 is 9.31 Å². The molecule has 2 nitrogen and oxygen atoms in total. The Bertz CT molecular complexity index is 373. The summed E-state index contributed by atoms with van der Waals surface area (Å²) < 4.78 is 11.3. The zero-order chi connectivity index (χ0) is 10.7. The van der Waals surface area contributed by atoms with E-state index < -0.39 is 0 Å². The fourth-order valence-corrected chi connectivity index (χ4v) is 1.57. The van der Waals surface area contributed by atoms with Gasteiger partial charge in [0.2, 0.25) is 0 Å². The van der Waals surface area contributed by atoms with Crippen molar-refractivity contribution in [3.05, 3.63) is 48.5 Å². The molecule has 1 aliphatic rings. The zero-order valence-electron chi connectivity index (χ0n) is 8.77. The fraction of sp³-hybridized carbons (Fsp3) is 0.167. The molecule has 0 amide bonds. The molecule has 0 fully saturated rings. The van der Waals surface area contributed by atoms with Gasteiger partial charge in [0.25, 0.3) is 0 Å². The number of hydrogen-bond donors (Lipinski definition) is 0. The van der Waals surface area contributed by atoms with Gasteiger partial charge in [-0.15, -0.1) is 0 Å². The van der Waals surface area contributed by atoms with E-state index in [1.165, 1.54) is 0 Å². The van der Waals surface area contributed by atoms with Gasteiger partial charge >= 0.3 is 7.12 Å². The average molecular weight is 200 g/mol. The molecule has 1 heterocycles. The maximum Gasteiger partial charge on any atom is 0.628 e. The van der Waals surface area contributed by atoms with E-state index >= 15 is 0 Å². The van der Waals surface area contributed by atoms with E-state index in [4.69, 9.17) is 9.31 Å². The van der Waals surface area contributed by atoms with E-state index in [1.54, 1.807) is 6.08 Å². The highest BCUT2D eigenvalue weighted by Crippen LogP contribution is 2.34. The molecule has 1 aliphatic heterocycles. The molecule has 0 saturated heterocycles. The van der Waals surface area contributed by atoms with Gasteiger partial charge in [0.15, 0.2) is 0 Å². The Labute approximate surface area is 90.4 Å². The van der Waals surface area contributed by atoms with E-state index in [1.807, 2.05) is 30.3 Å². The van der Waals surface area contributed by atoms with Crippen molar-refractivity contribution in [2.45, 2.75) is 13.3 Å². The third kappa shape index (κ3) is 1.91. The Hall–Kier alpha value is -1.64. The third-order valence-corrected chi connectivity index (χ3v) is 2.36. The topological polar surface area (TPSA) is 18.5 Å². The minimum Gasteiger partial charge on any atom is -0.519 e. The van der Waals surface area contributed by atoms with Crippen molar-refractivity contribution in [1.29, 1.82) is 0 Å². The second-order valence-corrected chi connectivity index (χ2v) is 3.35. The summed E-state index contributed by atoms with van der Waals surface area (Å²) in [4.78, 5) is 0. The first-order valence-corrected chi connectivity index (χ1v) is 5.09. The molecule has 0 aromatic heterocycles. The Balaban J connectivity index is 2.19. The van der Waals surface area contributed by atoms with Gasteiger partial charge in [-0.05, 0) is 24.0 Å². The van der Waals surface area contributed by atoms with Crippen molar-refractivity contribution in [1.82, 2.24) is 0 Å². The molecule has 1 aromatic rings. The van der Waals surface area contributed by atoms with Gasteiger partial charge in [0, 0.05) is 0 Å². The molecule has 15 heavy (non-hydrogen) atoms. The van der Waals surface area contributed by atoms with Crippen LogP contribution in [0, 0.1) is 0 Å². The Morgan fingerprint density at radius 2 is 1.93 bits per heavy atom. The van der Waals surface area contributed by atoms with Gasteiger partial charge in [-0.2, -0.15) is 0 Å². The summed E-state index contributed by atoms with van der Waals surface area (Å²) in [6.07, 6.45) is 4.59. The van der Waals surface area contributed by atoms with Crippen molar-refractivity contribution in [3.8, 4) is 11.5 Å². The molecule has 0 aliphatic carbocycles. The van der Waals surface area contributed by atoms with Crippen molar-refractivity contribution in [2.24, 2.45) is 0 Å². The van der Waals surface area contributed by atoms with Gasteiger partial charge in [0.1, 0.15) is 11.5 Å². The summed E-state index contributed by atoms with van der Waals surface area (Å²) in [7, 11) is -0.287. The third-order valence-electron chi connectivity index (χ3n) is 2.36. The molecule has 1 aromatic carbocycles. The molecular weight excluding hydrogens is 187 g/mol. The second-order valence-electron chi connectivity index (χ2n) is 3.35. The lowest BCUT2D eigenvalue weighted by atomic mass is 9.76. The summed E-state index contributed by atoms with van der Waals surface area (Å²) in [6.45, 7) is 5.76. The molecular formula is C12H13BO2. The number of rotatable bonds is 3. The largest absolute Gasteiger partial charge is 0.628 e. The first kappa shape index (κ1) is 9.90. The molecule has 0 spiro atoms. The molecule has 0 radical (unpaired) electrons. The smallest absolute Gasteiger partial charge is 0.519 e. The summed E-state index contributed by atoms with van der Waals surface area (Å²) in [5, 5.41) is 0. The molecule has 0 saturated carbocycles. The normalized spacial score (nSPS) is 14.2. The summed E-state index contributed by atoms with van der Waals surface area (Å²) in [6, 6.07) is 7.70. The minimum atomic E-state index is -0.287. The van der Waals surface area contributed by atoms with Crippen LogP contribution in [0.15, 0.2) is 48.5 Å². The summed E-state index contributed by atoms with van der Waals surface area (Å²) in [5.74, 6) is 1.62. The summed E-state index contributed by atoms with van der Waals surface area (Å²) >= 11 is 0. The highest BCUT2D eigenvalue weighted by molar-refractivity contribution is 6.56. The Kier molecular flexibility index (Phi) is 2.81. The minimum absolute atomic E-state index is 0.287. The Morgan fingerprint density at radius 3 is 2.40 bits per heavy atom. The lowest BCUT2D eigenvalue weighted by molar-refractivity contribution is 0.509. The first-order valence-electron chi connectivity index (χ1n) is 5.09. The molecule has 0 bridgehead atoms. The van der Waals surface area contributed by atoms with Crippen LogP contribution in [-0.4, -0.2) is 7.12 Å². The standard InChI is InChI=1S/C12H13BO2/c1-3-7-10(4-2)13-14-11-8-5-6-9-12(11)15-13/h3,5-9H,1,4H2,2H3/b10-7+. The molecule has 3 heteroatoms. The number of fused-ring (bicyclic) bond motifs is 1. The van der Waals surface area contributed by atoms with Crippen LogP contribution in [0.4, 0.5) is 0 Å². The number of benzene rings is 1. The van der Waals surface area contributed by atoms with Crippen molar-refractivity contribution in [2.75, 3.05) is 0 Å². The average Bonchev–Trinajstić information content (AvgIpc) is 2.69. The lowest BCUT2D eigenvalue weighted by Gasteiger charge is -2.06. The maximum absolute atomic E-state index is 5.67. The van der Waals surface area contributed by atoms with Gasteiger partial charge in [-0.3, -0.25) is 0 Å². The predicted octanol–water partition coefficient (Wildman–Crippen LogP) is 3.01. The fourth-order valence-electron chi connectivity index (χ4n) is 1.57. The van der Waals surface area contributed by atoms with E-state index in [2.05, 4.69) is 13.5 Å². The van der Waals surface area contributed by atoms with Gasteiger partial charge in [-0.25, -0.2) is 0 Å². The molecule has 76 valence electrons. The maximum atomic E-state index is 5.67. The number of para-hydroxylation sites is 2. The van der Waals surface area contributed by atoms with Gasteiger partial charge in [0.05, 0.1) is 0 Å². The SMILES string of the molecule is C=C/C=C(\CC)B1Oc2ccccc2O1. The van der Waals surface area contributed by atoms with Crippen LogP contribution in [0.2, 0.25) is 0 Å². The first-order chi connectivity index (χ1) is 7.35. The van der Waals surface area contributed by atoms with E-state index in [0.717, 1.165) is 23.4 Å². The monoisotopic (exact) mass is 200 g/mol. The van der Waals surface area contributed by atoms with Crippen molar-refractivity contribution < 1.29 is 9.31 Å². The second kappa shape index (κ2) is 4.26. The Morgan fingerprint density at radius 1 is 1.33 bits per heavy atom. The van der Waals surface area contributed by atoms with Crippen molar-refractivity contribution in [3.63, 3.8) is 0 Å². The molecule has 0 atom stereocenters. The van der Waals surface area contributed by atoms with Crippen LogP contribution < -0.4 is 9.31 Å². The lowest BCUT2D eigenvalue weighted by Crippen LogP contribution is -2.27. The highest BCUT2D eigenvalue weighted by Gasteiger charge is 2.34. The van der Waals surface area contributed by atoms with E-state index in [0.29, 0.717) is 0 Å².